The molecule has 2 aromatic carbocycles. The Hall–Kier alpha value is -3.60. The fourth-order valence-electron chi connectivity index (χ4n) is 2.77. The van der Waals surface area contributed by atoms with E-state index in [2.05, 4.69) is 11.4 Å². The lowest BCUT2D eigenvalue weighted by atomic mass is 10.1. The number of carbonyl (C=O) groups is 1. The van der Waals surface area contributed by atoms with E-state index < -0.39 is 0 Å². The third-order valence-corrected chi connectivity index (χ3v) is 4.01. The summed E-state index contributed by atoms with van der Waals surface area (Å²) < 4.78 is 6.90. The molecule has 0 aliphatic heterocycles. The maximum absolute atomic E-state index is 12.4. The molecule has 0 atom stereocenters. The Kier molecular flexibility index (Phi) is 4.11. The fourth-order valence-corrected chi connectivity index (χ4v) is 2.77. The molecule has 0 aliphatic rings. The molecule has 0 saturated heterocycles. The molecule has 0 saturated carbocycles. The van der Waals surface area contributed by atoms with Gasteiger partial charge in [0.15, 0.2) is 5.76 Å². The molecule has 5 nitrogen and oxygen atoms in total. The Morgan fingerprint density at radius 2 is 1.85 bits per heavy atom. The van der Waals surface area contributed by atoms with Gasteiger partial charge in [-0.05, 0) is 37.3 Å². The number of hydrogen-bond donors (Lipinski definition) is 1. The monoisotopic (exact) mass is 343 g/mol. The molecule has 0 fully saturated rings. The first-order valence-electron chi connectivity index (χ1n) is 8.28. The van der Waals surface area contributed by atoms with Crippen molar-refractivity contribution in [3.63, 3.8) is 0 Å². The zero-order chi connectivity index (χ0) is 17.9. The number of para-hydroxylation sites is 1. The topological polar surface area (TPSA) is 60.1 Å². The van der Waals surface area contributed by atoms with Crippen molar-refractivity contribution in [2.24, 2.45) is 0 Å². The highest BCUT2D eigenvalue weighted by atomic mass is 16.3. The van der Waals surface area contributed by atoms with Crippen LogP contribution in [-0.2, 0) is 0 Å². The van der Waals surface area contributed by atoms with Crippen LogP contribution >= 0.6 is 0 Å². The molecular weight excluding hydrogens is 326 g/mol. The number of nitrogens with zero attached hydrogens (tertiary/aromatic N) is 2. The van der Waals surface area contributed by atoms with Gasteiger partial charge in [-0.15, -0.1) is 0 Å². The Morgan fingerprint density at radius 3 is 2.58 bits per heavy atom. The molecule has 1 N–H and O–H groups in total. The maximum Gasteiger partial charge on any atom is 0.292 e. The number of benzene rings is 2. The third-order valence-electron chi connectivity index (χ3n) is 4.01. The van der Waals surface area contributed by atoms with E-state index in [1.807, 2.05) is 61.5 Å². The molecule has 2 heterocycles. The first-order valence-corrected chi connectivity index (χ1v) is 8.28. The minimum atomic E-state index is -0.317. The van der Waals surface area contributed by atoms with Gasteiger partial charge in [0.25, 0.3) is 5.91 Å². The predicted molar refractivity (Wildman–Crippen MR) is 100 cm³/mol. The number of nitrogens with one attached hydrogen (secondary N) is 1. The summed E-state index contributed by atoms with van der Waals surface area (Å²) in [5, 5.41) is 7.58. The van der Waals surface area contributed by atoms with Crippen molar-refractivity contribution in [3.8, 4) is 16.9 Å². The van der Waals surface area contributed by atoms with E-state index in [9.17, 15) is 4.79 Å². The van der Waals surface area contributed by atoms with Crippen molar-refractivity contribution in [2.45, 2.75) is 6.92 Å². The van der Waals surface area contributed by atoms with Gasteiger partial charge in [-0.3, -0.25) is 4.79 Å². The summed E-state index contributed by atoms with van der Waals surface area (Å²) in [5.41, 5.74) is 3.79. The average Bonchev–Trinajstić information content (AvgIpc) is 3.33. The largest absolute Gasteiger partial charge is 0.459 e. The SMILES string of the molecule is Cc1cccc(-c2cc(NC(=O)c3ccco3)n(-c3ccccc3)n2)c1. The minimum Gasteiger partial charge on any atom is -0.459 e. The molecule has 4 aromatic rings. The van der Waals surface area contributed by atoms with Crippen molar-refractivity contribution in [3.05, 3.63) is 90.4 Å². The summed E-state index contributed by atoms with van der Waals surface area (Å²) in [7, 11) is 0. The Balaban J connectivity index is 1.77. The standard InChI is InChI=1S/C21H17N3O2/c1-15-7-5-8-16(13-15)18-14-20(22-21(25)19-11-6-12-26-19)24(23-18)17-9-3-2-4-10-17/h2-14H,1H3,(H,22,25). The summed E-state index contributed by atoms with van der Waals surface area (Å²) in [5.74, 6) is 0.514. The van der Waals surface area contributed by atoms with Crippen LogP contribution in [0.3, 0.4) is 0 Å². The van der Waals surface area contributed by atoms with Crippen molar-refractivity contribution in [2.75, 3.05) is 5.32 Å². The molecule has 26 heavy (non-hydrogen) atoms. The predicted octanol–water partition coefficient (Wildman–Crippen LogP) is 4.69. The lowest BCUT2D eigenvalue weighted by molar-refractivity contribution is 0.0996. The highest BCUT2D eigenvalue weighted by Crippen LogP contribution is 2.25. The number of aromatic nitrogens is 2. The maximum atomic E-state index is 12.4. The second-order valence-electron chi connectivity index (χ2n) is 5.96. The van der Waals surface area contributed by atoms with E-state index in [0.29, 0.717) is 5.82 Å². The second-order valence-corrected chi connectivity index (χ2v) is 5.96. The molecule has 2 aromatic heterocycles. The quantitative estimate of drug-likeness (QED) is 0.584. The highest BCUT2D eigenvalue weighted by Gasteiger charge is 2.16. The van der Waals surface area contributed by atoms with Crippen LogP contribution in [0, 0.1) is 6.92 Å². The summed E-state index contributed by atoms with van der Waals surface area (Å²) in [6, 6.07) is 23.0. The van der Waals surface area contributed by atoms with E-state index >= 15 is 0 Å². The molecule has 1 amide bonds. The Bertz CT molecular complexity index is 1030. The number of hydrogen-bond acceptors (Lipinski definition) is 3. The van der Waals surface area contributed by atoms with Gasteiger partial charge in [-0.25, -0.2) is 4.68 Å². The van der Waals surface area contributed by atoms with Gasteiger partial charge < -0.3 is 9.73 Å². The van der Waals surface area contributed by atoms with Crippen LogP contribution in [0.1, 0.15) is 16.1 Å². The number of aryl methyl sites for hydroxylation is 1. The molecule has 0 spiro atoms. The lowest BCUT2D eigenvalue weighted by Crippen LogP contribution is -2.14. The van der Waals surface area contributed by atoms with Crippen LogP contribution in [0.25, 0.3) is 16.9 Å². The van der Waals surface area contributed by atoms with Gasteiger partial charge in [0, 0.05) is 11.6 Å². The normalized spacial score (nSPS) is 10.7. The van der Waals surface area contributed by atoms with E-state index in [4.69, 9.17) is 9.52 Å². The van der Waals surface area contributed by atoms with Gasteiger partial charge >= 0.3 is 0 Å². The molecule has 0 bridgehead atoms. The van der Waals surface area contributed by atoms with Crippen LogP contribution in [0.4, 0.5) is 5.82 Å². The van der Waals surface area contributed by atoms with Gasteiger partial charge in [0.1, 0.15) is 5.82 Å². The van der Waals surface area contributed by atoms with Crippen LogP contribution in [0.15, 0.2) is 83.5 Å². The Labute approximate surface area is 150 Å². The summed E-state index contributed by atoms with van der Waals surface area (Å²) in [6.45, 7) is 2.04. The van der Waals surface area contributed by atoms with Crippen molar-refractivity contribution in [1.82, 2.24) is 9.78 Å². The summed E-state index contributed by atoms with van der Waals surface area (Å²) in [4.78, 5) is 12.4. The number of rotatable bonds is 4. The second kappa shape index (κ2) is 6.72. The fraction of sp³-hybridized carbons (Fsp3) is 0.0476. The first kappa shape index (κ1) is 15.9. The summed E-state index contributed by atoms with van der Waals surface area (Å²) in [6.07, 6.45) is 1.47. The zero-order valence-electron chi connectivity index (χ0n) is 14.2. The van der Waals surface area contributed by atoms with E-state index in [1.54, 1.807) is 16.8 Å². The zero-order valence-corrected chi connectivity index (χ0v) is 14.2. The van der Waals surface area contributed by atoms with Gasteiger partial charge in [0.2, 0.25) is 0 Å². The summed E-state index contributed by atoms with van der Waals surface area (Å²) >= 11 is 0. The van der Waals surface area contributed by atoms with E-state index in [0.717, 1.165) is 22.5 Å². The van der Waals surface area contributed by atoms with Gasteiger partial charge in [-0.2, -0.15) is 5.10 Å². The van der Waals surface area contributed by atoms with Crippen LogP contribution in [-0.4, -0.2) is 15.7 Å². The lowest BCUT2D eigenvalue weighted by Gasteiger charge is -2.07. The van der Waals surface area contributed by atoms with Gasteiger partial charge in [0.05, 0.1) is 17.6 Å². The third kappa shape index (κ3) is 3.15. The number of furan rings is 1. The van der Waals surface area contributed by atoms with E-state index in [-0.39, 0.29) is 11.7 Å². The smallest absolute Gasteiger partial charge is 0.292 e. The van der Waals surface area contributed by atoms with Crippen molar-refractivity contribution >= 4 is 11.7 Å². The van der Waals surface area contributed by atoms with Crippen molar-refractivity contribution < 1.29 is 9.21 Å². The molecule has 128 valence electrons. The molecule has 0 radical (unpaired) electrons. The number of anilines is 1. The number of carbonyl (C=O) groups excluding carboxylic acids is 1. The molecule has 0 unspecified atom stereocenters. The van der Waals surface area contributed by atoms with Crippen molar-refractivity contribution in [1.29, 1.82) is 0 Å². The van der Waals surface area contributed by atoms with E-state index in [1.165, 1.54) is 6.26 Å². The van der Waals surface area contributed by atoms with Crippen LogP contribution in [0.2, 0.25) is 0 Å². The van der Waals surface area contributed by atoms with Crippen LogP contribution < -0.4 is 5.32 Å². The molecule has 0 aliphatic carbocycles. The number of amides is 1. The Morgan fingerprint density at radius 1 is 1.00 bits per heavy atom. The minimum absolute atomic E-state index is 0.253. The van der Waals surface area contributed by atoms with Gasteiger partial charge in [-0.1, -0.05) is 42.0 Å². The highest BCUT2D eigenvalue weighted by molar-refractivity contribution is 6.02. The molecular formula is C21H17N3O2. The van der Waals surface area contributed by atoms with Crippen LogP contribution in [0.5, 0.6) is 0 Å². The average molecular weight is 343 g/mol. The molecule has 4 rings (SSSR count). The molecule has 5 heteroatoms. The first-order chi connectivity index (χ1) is 12.7.